The fraction of sp³-hybridized carbons (Fsp3) is 0.500. The highest BCUT2D eigenvalue weighted by Gasteiger charge is 2.39. The van der Waals surface area contributed by atoms with Crippen molar-refractivity contribution in [3.8, 4) is 0 Å². The summed E-state index contributed by atoms with van der Waals surface area (Å²) in [5.74, 6) is -2.23. The van der Waals surface area contributed by atoms with E-state index in [0.717, 1.165) is 18.4 Å². The largest absolute Gasteiger partial charge is 0.465 e. The molecule has 1 amide bonds. The van der Waals surface area contributed by atoms with Gasteiger partial charge in [-0.3, -0.25) is 9.59 Å². The molecule has 2 rings (SSSR count). The van der Waals surface area contributed by atoms with Crippen LogP contribution in [0.3, 0.4) is 0 Å². The molecule has 0 radical (unpaired) electrons. The molecule has 4 nitrogen and oxygen atoms in total. The summed E-state index contributed by atoms with van der Waals surface area (Å²) in [4.78, 5) is 24.2. The number of esters is 1. The Morgan fingerprint density at radius 1 is 1.38 bits per heavy atom. The summed E-state index contributed by atoms with van der Waals surface area (Å²) >= 11 is 0. The number of carbonyl (C=O) groups is 2. The number of carbonyl (C=O) groups excluding carboxylic acids is 2. The number of hydrogen-bond acceptors (Lipinski definition) is 3. The van der Waals surface area contributed by atoms with Gasteiger partial charge in [-0.2, -0.15) is 0 Å². The number of rotatable bonds is 5. The number of benzene rings is 1. The monoisotopic (exact) mass is 293 g/mol. The summed E-state index contributed by atoms with van der Waals surface area (Å²) in [5.41, 5.74) is 0.795. The minimum atomic E-state index is -0.846. The van der Waals surface area contributed by atoms with Crippen LogP contribution in [-0.4, -0.2) is 25.0 Å². The summed E-state index contributed by atoms with van der Waals surface area (Å²) in [6.07, 6.45) is 2.34. The van der Waals surface area contributed by atoms with Gasteiger partial charge in [0.1, 0.15) is 11.7 Å². The smallest absolute Gasteiger partial charge is 0.319 e. The van der Waals surface area contributed by atoms with Gasteiger partial charge in [-0.1, -0.05) is 25.5 Å². The lowest BCUT2D eigenvalue weighted by molar-refractivity contribution is -0.154. The number of halogens is 1. The van der Waals surface area contributed by atoms with Gasteiger partial charge in [-0.05, 0) is 30.5 Å². The maximum absolute atomic E-state index is 13.0. The van der Waals surface area contributed by atoms with E-state index in [4.69, 9.17) is 4.74 Å². The summed E-state index contributed by atoms with van der Waals surface area (Å²) in [6.45, 7) is 2.84. The number of hydrogen-bond donors (Lipinski definition) is 1. The van der Waals surface area contributed by atoms with E-state index in [2.05, 4.69) is 5.32 Å². The molecule has 1 fully saturated rings. The molecule has 1 aliphatic heterocycles. The Hall–Kier alpha value is -1.91. The first-order valence-electron chi connectivity index (χ1n) is 7.33. The van der Waals surface area contributed by atoms with E-state index >= 15 is 0 Å². The Morgan fingerprint density at radius 2 is 2.10 bits per heavy atom. The second-order valence-corrected chi connectivity index (χ2v) is 5.24. The fourth-order valence-electron chi connectivity index (χ4n) is 2.56. The number of ether oxygens (including phenoxy) is 1. The third-order valence-corrected chi connectivity index (χ3v) is 3.73. The van der Waals surface area contributed by atoms with Crippen LogP contribution in [0.5, 0.6) is 0 Å². The van der Waals surface area contributed by atoms with E-state index in [9.17, 15) is 14.0 Å². The Kier molecular flexibility index (Phi) is 5.31. The zero-order valence-electron chi connectivity index (χ0n) is 12.1. The zero-order chi connectivity index (χ0) is 15.2. The van der Waals surface area contributed by atoms with E-state index in [1.165, 1.54) is 12.1 Å². The highest BCUT2D eigenvalue weighted by atomic mass is 19.1. The van der Waals surface area contributed by atoms with Crippen molar-refractivity contribution in [1.29, 1.82) is 0 Å². The molecule has 5 heteroatoms. The minimum absolute atomic E-state index is 0.256. The molecule has 1 N–H and O–H groups in total. The quantitative estimate of drug-likeness (QED) is 0.515. The Bertz CT molecular complexity index is 501. The van der Waals surface area contributed by atoms with Crippen LogP contribution in [0.15, 0.2) is 24.3 Å². The number of unbranched alkanes of at least 4 members (excludes halogenated alkanes) is 1. The molecular formula is C16H20FNO3. The molecule has 1 aliphatic rings. The standard InChI is InChI=1S/C16H20FNO3/c1-2-3-10-21-16(20)14-13(8-9-18-15(14)19)11-4-6-12(17)7-5-11/h4-7,13-14H,2-3,8-10H2,1H3,(H,18,19)/t13-,14-/m0/s1. The first-order valence-corrected chi connectivity index (χ1v) is 7.33. The summed E-state index contributed by atoms with van der Waals surface area (Å²) < 4.78 is 18.2. The fourth-order valence-corrected chi connectivity index (χ4v) is 2.56. The molecule has 1 saturated heterocycles. The zero-order valence-corrected chi connectivity index (χ0v) is 12.1. The Labute approximate surface area is 123 Å². The number of amides is 1. The van der Waals surface area contributed by atoms with E-state index in [1.807, 2.05) is 6.92 Å². The van der Waals surface area contributed by atoms with Crippen LogP contribution in [0.1, 0.15) is 37.7 Å². The van der Waals surface area contributed by atoms with Crippen molar-refractivity contribution >= 4 is 11.9 Å². The molecule has 0 spiro atoms. The SMILES string of the molecule is CCCCOC(=O)[C@@H]1C(=O)NCC[C@H]1c1ccc(F)cc1. The van der Waals surface area contributed by atoms with Gasteiger partial charge in [0.2, 0.25) is 5.91 Å². The lowest BCUT2D eigenvalue weighted by atomic mass is 9.80. The molecule has 0 aromatic heterocycles. The van der Waals surface area contributed by atoms with Crippen molar-refractivity contribution in [2.24, 2.45) is 5.92 Å². The van der Waals surface area contributed by atoms with Gasteiger partial charge in [0.25, 0.3) is 0 Å². The van der Waals surface area contributed by atoms with Gasteiger partial charge in [0, 0.05) is 12.5 Å². The van der Waals surface area contributed by atoms with Crippen molar-refractivity contribution in [1.82, 2.24) is 5.32 Å². The average molecular weight is 293 g/mol. The average Bonchev–Trinajstić information content (AvgIpc) is 2.48. The van der Waals surface area contributed by atoms with Gasteiger partial charge in [-0.15, -0.1) is 0 Å². The van der Waals surface area contributed by atoms with Gasteiger partial charge in [0.15, 0.2) is 0 Å². The highest BCUT2D eigenvalue weighted by molar-refractivity contribution is 5.99. The van der Waals surface area contributed by atoms with Crippen LogP contribution in [0, 0.1) is 11.7 Å². The van der Waals surface area contributed by atoms with Crippen LogP contribution < -0.4 is 5.32 Å². The first-order chi connectivity index (χ1) is 10.1. The normalized spacial score (nSPS) is 21.7. The predicted octanol–water partition coefficient (Wildman–Crippen LogP) is 2.39. The molecule has 2 atom stereocenters. The second-order valence-electron chi connectivity index (χ2n) is 5.24. The van der Waals surface area contributed by atoms with Crippen LogP contribution in [-0.2, 0) is 14.3 Å². The van der Waals surface area contributed by atoms with E-state index in [-0.39, 0.29) is 17.6 Å². The summed E-state index contributed by atoms with van der Waals surface area (Å²) in [5, 5.41) is 2.70. The highest BCUT2D eigenvalue weighted by Crippen LogP contribution is 2.32. The molecule has 1 aromatic carbocycles. The summed E-state index contributed by atoms with van der Waals surface area (Å²) in [7, 11) is 0. The van der Waals surface area contributed by atoms with Crippen LogP contribution in [0.2, 0.25) is 0 Å². The molecule has 0 saturated carbocycles. The summed E-state index contributed by atoms with van der Waals surface area (Å²) in [6, 6.07) is 5.96. The van der Waals surface area contributed by atoms with E-state index in [0.29, 0.717) is 19.6 Å². The molecule has 0 aliphatic carbocycles. The van der Waals surface area contributed by atoms with Crippen molar-refractivity contribution in [2.75, 3.05) is 13.2 Å². The van der Waals surface area contributed by atoms with Crippen molar-refractivity contribution in [3.05, 3.63) is 35.6 Å². The maximum atomic E-state index is 13.0. The van der Waals surface area contributed by atoms with Gasteiger partial charge < -0.3 is 10.1 Å². The minimum Gasteiger partial charge on any atom is -0.465 e. The van der Waals surface area contributed by atoms with Gasteiger partial charge in [-0.25, -0.2) is 4.39 Å². The van der Waals surface area contributed by atoms with E-state index in [1.54, 1.807) is 12.1 Å². The molecule has 1 aromatic rings. The second kappa shape index (κ2) is 7.20. The molecule has 0 unspecified atom stereocenters. The first kappa shape index (κ1) is 15.5. The third-order valence-electron chi connectivity index (χ3n) is 3.73. The predicted molar refractivity (Wildman–Crippen MR) is 76.1 cm³/mol. The molecule has 21 heavy (non-hydrogen) atoms. The number of nitrogens with one attached hydrogen (secondary N) is 1. The topological polar surface area (TPSA) is 55.4 Å². The van der Waals surface area contributed by atoms with E-state index < -0.39 is 11.9 Å². The molecular weight excluding hydrogens is 273 g/mol. The van der Waals surface area contributed by atoms with Gasteiger partial charge >= 0.3 is 5.97 Å². The number of piperidine rings is 1. The van der Waals surface area contributed by atoms with Crippen LogP contribution in [0.4, 0.5) is 4.39 Å². The Morgan fingerprint density at radius 3 is 2.76 bits per heavy atom. The van der Waals surface area contributed by atoms with Crippen molar-refractivity contribution in [3.63, 3.8) is 0 Å². The lowest BCUT2D eigenvalue weighted by Crippen LogP contribution is -2.45. The van der Waals surface area contributed by atoms with Crippen molar-refractivity contribution in [2.45, 2.75) is 32.1 Å². The lowest BCUT2D eigenvalue weighted by Gasteiger charge is -2.29. The molecule has 0 bridgehead atoms. The molecule has 1 heterocycles. The maximum Gasteiger partial charge on any atom is 0.319 e. The van der Waals surface area contributed by atoms with Crippen LogP contribution in [0.25, 0.3) is 0 Å². The molecule has 114 valence electrons. The Balaban J connectivity index is 2.14. The van der Waals surface area contributed by atoms with Gasteiger partial charge in [0.05, 0.1) is 6.61 Å². The van der Waals surface area contributed by atoms with Crippen LogP contribution >= 0.6 is 0 Å². The third kappa shape index (κ3) is 3.80. The van der Waals surface area contributed by atoms with Crippen molar-refractivity contribution < 1.29 is 18.7 Å².